The van der Waals surface area contributed by atoms with Crippen molar-refractivity contribution < 1.29 is 4.74 Å². The molecule has 1 unspecified atom stereocenters. The SMILES string of the molecule is CCCCc1ccc(C(N)c2cccc(OC)c2)cc1. The topological polar surface area (TPSA) is 35.2 Å². The quantitative estimate of drug-likeness (QED) is 0.857. The van der Waals surface area contributed by atoms with Crippen molar-refractivity contribution in [3.63, 3.8) is 0 Å². The van der Waals surface area contributed by atoms with Crippen molar-refractivity contribution >= 4 is 0 Å². The zero-order valence-corrected chi connectivity index (χ0v) is 12.3. The van der Waals surface area contributed by atoms with Crippen LogP contribution in [0.2, 0.25) is 0 Å². The number of methoxy groups -OCH3 is 1. The third kappa shape index (κ3) is 3.61. The van der Waals surface area contributed by atoms with Crippen LogP contribution in [0.15, 0.2) is 48.5 Å². The number of aryl methyl sites for hydroxylation is 1. The molecule has 2 heteroatoms. The first-order valence-corrected chi connectivity index (χ1v) is 7.23. The molecule has 20 heavy (non-hydrogen) atoms. The number of nitrogens with two attached hydrogens (primary N) is 1. The van der Waals surface area contributed by atoms with Gasteiger partial charge in [0, 0.05) is 0 Å². The Morgan fingerprint density at radius 2 is 1.80 bits per heavy atom. The fraction of sp³-hybridized carbons (Fsp3) is 0.333. The van der Waals surface area contributed by atoms with E-state index in [1.165, 1.54) is 18.4 Å². The Labute approximate surface area is 121 Å². The van der Waals surface area contributed by atoms with Crippen LogP contribution in [0.25, 0.3) is 0 Å². The fourth-order valence-electron chi connectivity index (χ4n) is 2.30. The first-order chi connectivity index (χ1) is 9.74. The number of hydrogen-bond acceptors (Lipinski definition) is 2. The number of benzene rings is 2. The number of ether oxygens (including phenoxy) is 1. The van der Waals surface area contributed by atoms with E-state index in [9.17, 15) is 0 Å². The summed E-state index contributed by atoms with van der Waals surface area (Å²) in [4.78, 5) is 0. The molecule has 0 saturated heterocycles. The molecule has 0 spiro atoms. The second-order valence-corrected chi connectivity index (χ2v) is 5.10. The lowest BCUT2D eigenvalue weighted by Gasteiger charge is -2.14. The molecule has 1 atom stereocenters. The molecule has 0 fully saturated rings. The van der Waals surface area contributed by atoms with Gasteiger partial charge in [-0.2, -0.15) is 0 Å². The van der Waals surface area contributed by atoms with Gasteiger partial charge in [-0.1, -0.05) is 49.7 Å². The Morgan fingerprint density at radius 1 is 1.05 bits per heavy atom. The summed E-state index contributed by atoms with van der Waals surface area (Å²) in [5.41, 5.74) is 9.93. The number of rotatable bonds is 6. The summed E-state index contributed by atoms with van der Waals surface area (Å²) < 4.78 is 5.25. The highest BCUT2D eigenvalue weighted by molar-refractivity contribution is 5.37. The van der Waals surface area contributed by atoms with E-state index in [1.807, 2.05) is 24.3 Å². The molecule has 2 aromatic rings. The first-order valence-electron chi connectivity index (χ1n) is 7.23. The van der Waals surface area contributed by atoms with E-state index in [1.54, 1.807) is 7.11 Å². The van der Waals surface area contributed by atoms with Gasteiger partial charge in [0.15, 0.2) is 0 Å². The molecular weight excluding hydrogens is 246 g/mol. The maximum atomic E-state index is 6.33. The standard InChI is InChI=1S/C18H23NO/c1-3-4-6-14-9-11-15(12-10-14)18(19)16-7-5-8-17(13-16)20-2/h5,7-13,18H,3-4,6,19H2,1-2H3. The average Bonchev–Trinajstić information content (AvgIpc) is 2.52. The Kier molecular flexibility index (Phi) is 5.19. The molecule has 0 aliphatic rings. The summed E-state index contributed by atoms with van der Waals surface area (Å²) in [5, 5.41) is 0. The first kappa shape index (κ1) is 14.6. The van der Waals surface area contributed by atoms with E-state index in [-0.39, 0.29) is 6.04 Å². The molecule has 0 aliphatic heterocycles. The van der Waals surface area contributed by atoms with Crippen molar-refractivity contribution in [3.8, 4) is 5.75 Å². The van der Waals surface area contributed by atoms with E-state index in [0.717, 1.165) is 23.3 Å². The van der Waals surface area contributed by atoms with E-state index >= 15 is 0 Å². The van der Waals surface area contributed by atoms with Crippen LogP contribution >= 0.6 is 0 Å². The summed E-state index contributed by atoms with van der Waals surface area (Å²) in [7, 11) is 1.67. The van der Waals surface area contributed by atoms with Crippen LogP contribution in [-0.2, 0) is 6.42 Å². The molecular formula is C18H23NO. The fourth-order valence-corrected chi connectivity index (χ4v) is 2.30. The molecule has 0 saturated carbocycles. The highest BCUT2D eigenvalue weighted by Crippen LogP contribution is 2.23. The predicted octanol–water partition coefficient (Wildman–Crippen LogP) is 4.09. The van der Waals surface area contributed by atoms with Crippen LogP contribution in [0.3, 0.4) is 0 Å². The maximum absolute atomic E-state index is 6.33. The van der Waals surface area contributed by atoms with Crippen molar-refractivity contribution in [1.29, 1.82) is 0 Å². The number of hydrogen-bond donors (Lipinski definition) is 1. The normalized spacial score (nSPS) is 12.2. The Bertz CT molecular complexity index is 533. The van der Waals surface area contributed by atoms with E-state index in [4.69, 9.17) is 10.5 Å². The Balaban J connectivity index is 2.13. The second kappa shape index (κ2) is 7.11. The van der Waals surface area contributed by atoms with Crippen LogP contribution in [0.4, 0.5) is 0 Å². The predicted molar refractivity (Wildman–Crippen MR) is 84.1 cm³/mol. The van der Waals surface area contributed by atoms with Crippen molar-refractivity contribution in [1.82, 2.24) is 0 Å². The minimum atomic E-state index is -0.106. The molecule has 106 valence electrons. The zero-order valence-electron chi connectivity index (χ0n) is 12.3. The van der Waals surface area contributed by atoms with Gasteiger partial charge < -0.3 is 10.5 Å². The molecule has 2 nitrogen and oxygen atoms in total. The smallest absolute Gasteiger partial charge is 0.119 e. The highest BCUT2D eigenvalue weighted by Gasteiger charge is 2.09. The molecule has 0 heterocycles. The maximum Gasteiger partial charge on any atom is 0.119 e. The van der Waals surface area contributed by atoms with Crippen LogP contribution in [0, 0.1) is 0 Å². The molecule has 2 rings (SSSR count). The molecule has 0 bridgehead atoms. The van der Waals surface area contributed by atoms with Crippen molar-refractivity contribution in [2.75, 3.05) is 7.11 Å². The second-order valence-electron chi connectivity index (χ2n) is 5.10. The third-order valence-electron chi connectivity index (χ3n) is 3.61. The van der Waals surface area contributed by atoms with E-state index in [2.05, 4.69) is 31.2 Å². The lowest BCUT2D eigenvalue weighted by atomic mass is 9.97. The number of unbranched alkanes of at least 4 members (excludes halogenated alkanes) is 1. The van der Waals surface area contributed by atoms with Gasteiger partial charge in [0.05, 0.1) is 13.2 Å². The van der Waals surface area contributed by atoms with Crippen molar-refractivity contribution in [3.05, 3.63) is 65.2 Å². The van der Waals surface area contributed by atoms with Gasteiger partial charge in [0.1, 0.15) is 5.75 Å². The summed E-state index contributed by atoms with van der Waals surface area (Å²) in [6.07, 6.45) is 3.61. The van der Waals surface area contributed by atoms with E-state index in [0.29, 0.717) is 0 Å². The van der Waals surface area contributed by atoms with Crippen molar-refractivity contribution in [2.24, 2.45) is 5.73 Å². The molecule has 0 aromatic heterocycles. The van der Waals surface area contributed by atoms with Crippen LogP contribution in [0.5, 0.6) is 5.75 Å². The van der Waals surface area contributed by atoms with Gasteiger partial charge in [-0.25, -0.2) is 0 Å². The lowest BCUT2D eigenvalue weighted by molar-refractivity contribution is 0.414. The van der Waals surface area contributed by atoms with Gasteiger partial charge >= 0.3 is 0 Å². The Hall–Kier alpha value is -1.80. The summed E-state index contributed by atoms with van der Waals surface area (Å²) >= 11 is 0. The van der Waals surface area contributed by atoms with Gasteiger partial charge in [0.2, 0.25) is 0 Å². The summed E-state index contributed by atoms with van der Waals surface area (Å²) in [5.74, 6) is 0.845. The van der Waals surface area contributed by atoms with Crippen LogP contribution in [-0.4, -0.2) is 7.11 Å². The summed E-state index contributed by atoms with van der Waals surface area (Å²) in [6, 6.07) is 16.5. The molecule has 2 aromatic carbocycles. The third-order valence-corrected chi connectivity index (χ3v) is 3.61. The van der Waals surface area contributed by atoms with Gasteiger partial charge in [0.25, 0.3) is 0 Å². The minimum Gasteiger partial charge on any atom is -0.497 e. The van der Waals surface area contributed by atoms with E-state index < -0.39 is 0 Å². The molecule has 0 aliphatic carbocycles. The summed E-state index contributed by atoms with van der Waals surface area (Å²) in [6.45, 7) is 2.22. The van der Waals surface area contributed by atoms with Gasteiger partial charge in [-0.3, -0.25) is 0 Å². The Morgan fingerprint density at radius 3 is 2.45 bits per heavy atom. The lowest BCUT2D eigenvalue weighted by Crippen LogP contribution is -2.11. The highest BCUT2D eigenvalue weighted by atomic mass is 16.5. The van der Waals surface area contributed by atoms with Crippen LogP contribution < -0.4 is 10.5 Å². The molecule has 2 N–H and O–H groups in total. The minimum absolute atomic E-state index is 0.106. The largest absolute Gasteiger partial charge is 0.497 e. The van der Waals surface area contributed by atoms with Crippen molar-refractivity contribution in [2.45, 2.75) is 32.2 Å². The molecule has 0 radical (unpaired) electrons. The van der Waals surface area contributed by atoms with Gasteiger partial charge in [-0.15, -0.1) is 0 Å². The monoisotopic (exact) mass is 269 g/mol. The average molecular weight is 269 g/mol. The van der Waals surface area contributed by atoms with Crippen LogP contribution in [0.1, 0.15) is 42.5 Å². The molecule has 0 amide bonds. The van der Waals surface area contributed by atoms with Gasteiger partial charge in [-0.05, 0) is 41.7 Å². The zero-order chi connectivity index (χ0) is 14.4.